The Morgan fingerprint density at radius 2 is 1.35 bits per heavy atom. The van der Waals surface area contributed by atoms with Crippen molar-refractivity contribution in [2.45, 2.75) is 18.4 Å². The Bertz CT molecular complexity index is 673. The van der Waals surface area contributed by atoms with Crippen LogP contribution in [0.5, 0.6) is 0 Å². The van der Waals surface area contributed by atoms with Crippen LogP contribution >= 0.6 is 0 Å². The highest BCUT2D eigenvalue weighted by atomic mass is 16.2. The molecule has 0 saturated heterocycles. The van der Waals surface area contributed by atoms with Crippen LogP contribution in [-0.2, 0) is 0 Å². The van der Waals surface area contributed by atoms with E-state index < -0.39 is 0 Å². The number of nitrogens with zero attached hydrogens (tertiary/aromatic N) is 1. The Labute approximate surface area is 116 Å². The lowest BCUT2D eigenvalue weighted by atomic mass is 10.1. The van der Waals surface area contributed by atoms with Crippen molar-refractivity contribution in [1.82, 2.24) is 4.90 Å². The van der Waals surface area contributed by atoms with Crippen molar-refractivity contribution in [2.75, 3.05) is 0 Å². The molecule has 4 rings (SSSR count). The first-order chi connectivity index (χ1) is 9.77. The summed E-state index contributed by atoms with van der Waals surface area (Å²) in [5, 5.41) is 0. The van der Waals surface area contributed by atoms with E-state index in [-0.39, 0.29) is 17.9 Å². The number of rotatable bonds is 2. The maximum atomic E-state index is 12.4. The molecule has 1 fully saturated rings. The number of hydrogen-bond acceptors (Lipinski definition) is 2. The van der Waals surface area contributed by atoms with Gasteiger partial charge in [0.25, 0.3) is 11.8 Å². The van der Waals surface area contributed by atoms with Gasteiger partial charge in [-0.3, -0.25) is 14.5 Å². The molecule has 2 aliphatic rings. The second-order valence-electron chi connectivity index (χ2n) is 5.35. The molecule has 0 N–H and O–H groups in total. The van der Waals surface area contributed by atoms with Crippen LogP contribution in [-0.4, -0.2) is 22.8 Å². The number of carbonyl (C=O) groups is 2. The number of carbonyl (C=O) groups excluding carboxylic acids is 2. The zero-order valence-electron chi connectivity index (χ0n) is 10.8. The predicted octanol–water partition coefficient (Wildman–Crippen LogP) is 2.84. The molecule has 0 unspecified atom stereocenters. The van der Waals surface area contributed by atoms with Crippen LogP contribution < -0.4 is 0 Å². The van der Waals surface area contributed by atoms with Crippen molar-refractivity contribution >= 4 is 11.8 Å². The molecule has 0 bridgehead atoms. The van der Waals surface area contributed by atoms with E-state index in [4.69, 9.17) is 0 Å². The molecule has 0 aromatic heterocycles. The zero-order chi connectivity index (χ0) is 13.7. The summed E-state index contributed by atoms with van der Waals surface area (Å²) in [5.41, 5.74) is 2.28. The Morgan fingerprint density at radius 1 is 0.800 bits per heavy atom. The van der Waals surface area contributed by atoms with Crippen molar-refractivity contribution in [2.24, 2.45) is 0 Å². The molecule has 2 aromatic carbocycles. The van der Waals surface area contributed by atoms with Crippen molar-refractivity contribution in [3.8, 4) is 0 Å². The van der Waals surface area contributed by atoms with Crippen LogP contribution in [0.15, 0.2) is 54.6 Å². The van der Waals surface area contributed by atoms with Gasteiger partial charge in [0.05, 0.1) is 11.1 Å². The molecule has 0 radical (unpaired) electrons. The summed E-state index contributed by atoms with van der Waals surface area (Å²) in [5.74, 6) is 0.00137. The molecule has 1 saturated carbocycles. The fourth-order valence-corrected chi connectivity index (χ4v) is 3.03. The molecule has 0 spiro atoms. The van der Waals surface area contributed by atoms with Gasteiger partial charge in [0, 0.05) is 12.0 Å². The second kappa shape index (κ2) is 4.04. The van der Waals surface area contributed by atoms with Gasteiger partial charge in [-0.15, -0.1) is 0 Å². The van der Waals surface area contributed by atoms with E-state index >= 15 is 0 Å². The molecule has 1 aliphatic heterocycles. The van der Waals surface area contributed by atoms with E-state index in [0.717, 1.165) is 6.42 Å². The molecule has 1 aliphatic carbocycles. The summed E-state index contributed by atoms with van der Waals surface area (Å²) in [6.07, 6.45) is 0.871. The first kappa shape index (κ1) is 11.4. The Kier molecular flexibility index (Phi) is 2.30. The Morgan fingerprint density at radius 3 is 1.95 bits per heavy atom. The van der Waals surface area contributed by atoms with Crippen LogP contribution in [0, 0.1) is 0 Å². The lowest BCUT2D eigenvalue weighted by molar-refractivity contribution is 0.0639. The van der Waals surface area contributed by atoms with Gasteiger partial charge >= 0.3 is 0 Å². The molecular formula is C17H13NO2. The van der Waals surface area contributed by atoms with E-state index in [1.54, 1.807) is 24.3 Å². The quantitative estimate of drug-likeness (QED) is 0.781. The molecule has 98 valence electrons. The maximum absolute atomic E-state index is 12.4. The number of amides is 2. The van der Waals surface area contributed by atoms with Crippen LogP contribution in [0.1, 0.15) is 38.6 Å². The lowest BCUT2D eigenvalue weighted by Gasteiger charge is -2.13. The van der Waals surface area contributed by atoms with Gasteiger partial charge < -0.3 is 0 Å². The molecule has 2 atom stereocenters. The first-order valence-electron chi connectivity index (χ1n) is 6.79. The fraction of sp³-hybridized carbons (Fsp3) is 0.176. The third kappa shape index (κ3) is 1.53. The van der Waals surface area contributed by atoms with E-state index in [9.17, 15) is 9.59 Å². The van der Waals surface area contributed by atoms with E-state index in [1.165, 1.54) is 10.5 Å². The van der Waals surface area contributed by atoms with Gasteiger partial charge in [0.1, 0.15) is 0 Å². The third-order valence-electron chi connectivity index (χ3n) is 4.14. The van der Waals surface area contributed by atoms with Crippen molar-refractivity contribution in [3.05, 3.63) is 71.3 Å². The number of imide groups is 1. The SMILES string of the molecule is O=C1c2ccccc2C(=O)N1[C@H]1C[C@@H]1c1ccccc1. The van der Waals surface area contributed by atoms with Crippen LogP contribution in [0.2, 0.25) is 0 Å². The van der Waals surface area contributed by atoms with Crippen LogP contribution in [0.25, 0.3) is 0 Å². The summed E-state index contributed by atoms with van der Waals surface area (Å²) in [6.45, 7) is 0. The van der Waals surface area contributed by atoms with Gasteiger partial charge in [-0.2, -0.15) is 0 Å². The summed E-state index contributed by atoms with van der Waals surface area (Å²) in [6, 6.07) is 17.2. The van der Waals surface area contributed by atoms with Crippen molar-refractivity contribution in [1.29, 1.82) is 0 Å². The largest absolute Gasteiger partial charge is 0.271 e. The Hall–Kier alpha value is -2.42. The normalized spacial score (nSPS) is 23.9. The van der Waals surface area contributed by atoms with Gasteiger partial charge in [0.2, 0.25) is 0 Å². The smallest absolute Gasteiger partial charge is 0.261 e. The van der Waals surface area contributed by atoms with E-state index in [2.05, 4.69) is 12.1 Å². The third-order valence-corrected chi connectivity index (χ3v) is 4.14. The zero-order valence-corrected chi connectivity index (χ0v) is 10.8. The lowest BCUT2D eigenvalue weighted by Crippen LogP contribution is -2.32. The monoisotopic (exact) mass is 263 g/mol. The Balaban J connectivity index is 1.64. The average Bonchev–Trinajstić information content (AvgIpc) is 3.24. The highest BCUT2D eigenvalue weighted by Crippen LogP contribution is 2.47. The topological polar surface area (TPSA) is 37.4 Å². The van der Waals surface area contributed by atoms with Gasteiger partial charge in [-0.25, -0.2) is 0 Å². The summed E-state index contributed by atoms with van der Waals surface area (Å²) >= 11 is 0. The average molecular weight is 263 g/mol. The van der Waals surface area contributed by atoms with Crippen LogP contribution in [0.3, 0.4) is 0 Å². The molecular weight excluding hydrogens is 250 g/mol. The first-order valence-corrected chi connectivity index (χ1v) is 6.79. The van der Waals surface area contributed by atoms with Gasteiger partial charge in [-0.1, -0.05) is 42.5 Å². The van der Waals surface area contributed by atoms with Gasteiger partial charge in [0.15, 0.2) is 0 Å². The molecule has 2 amide bonds. The molecule has 2 aromatic rings. The number of benzene rings is 2. The van der Waals surface area contributed by atoms with Crippen LogP contribution in [0.4, 0.5) is 0 Å². The molecule has 3 nitrogen and oxygen atoms in total. The molecule has 3 heteroatoms. The van der Waals surface area contributed by atoms with E-state index in [1.807, 2.05) is 18.2 Å². The van der Waals surface area contributed by atoms with E-state index in [0.29, 0.717) is 17.0 Å². The minimum atomic E-state index is -0.144. The minimum Gasteiger partial charge on any atom is -0.271 e. The number of hydrogen-bond donors (Lipinski definition) is 0. The molecule has 20 heavy (non-hydrogen) atoms. The highest BCUT2D eigenvalue weighted by molar-refractivity contribution is 6.21. The predicted molar refractivity (Wildman–Crippen MR) is 74.5 cm³/mol. The standard InChI is InChI=1S/C17H13NO2/c19-16-12-8-4-5-9-13(12)17(20)18(16)15-10-14(15)11-6-2-1-3-7-11/h1-9,14-15H,10H2/t14-,15+/m1/s1. The number of fused-ring (bicyclic) bond motifs is 1. The minimum absolute atomic E-state index is 0.0183. The van der Waals surface area contributed by atoms with Crippen molar-refractivity contribution in [3.63, 3.8) is 0 Å². The second-order valence-corrected chi connectivity index (χ2v) is 5.35. The fourth-order valence-electron chi connectivity index (χ4n) is 3.03. The molecule has 1 heterocycles. The summed E-state index contributed by atoms with van der Waals surface area (Å²) in [7, 11) is 0. The van der Waals surface area contributed by atoms with Crippen molar-refractivity contribution < 1.29 is 9.59 Å². The maximum Gasteiger partial charge on any atom is 0.261 e. The highest BCUT2D eigenvalue weighted by Gasteiger charge is 2.51. The summed E-state index contributed by atoms with van der Waals surface area (Å²) < 4.78 is 0. The van der Waals surface area contributed by atoms with Gasteiger partial charge in [-0.05, 0) is 24.1 Å². The summed E-state index contributed by atoms with van der Waals surface area (Å²) in [4.78, 5) is 26.2.